The van der Waals surface area contributed by atoms with Crippen LogP contribution in [0.25, 0.3) is 0 Å². The summed E-state index contributed by atoms with van der Waals surface area (Å²) >= 11 is 11.5. The second-order valence-corrected chi connectivity index (χ2v) is 9.30. The Labute approximate surface area is 53.5 Å². The number of hydrogen-bond acceptors (Lipinski definition) is 0. The molecule has 0 N–H and O–H groups in total. The number of rotatable bonds is 0. The van der Waals surface area contributed by atoms with Gasteiger partial charge in [0, 0.05) is 0 Å². The lowest BCUT2D eigenvalue weighted by Crippen LogP contribution is -2.29. The van der Waals surface area contributed by atoms with E-state index < -0.39 is 6.69 Å². The van der Waals surface area contributed by atoms with Gasteiger partial charge in [-0.1, -0.05) is 5.57 Å². The van der Waals surface area contributed by atoms with E-state index >= 15 is 0 Å². The van der Waals surface area contributed by atoms with Crippen LogP contribution in [0.3, 0.4) is 0 Å². The third-order valence-corrected chi connectivity index (χ3v) is 4.66. The molecule has 1 aliphatic rings. The molecule has 1 heterocycles. The van der Waals surface area contributed by atoms with Crippen molar-refractivity contribution >= 4 is 28.9 Å². The molecule has 0 amide bonds. The molecule has 0 saturated carbocycles. The molecule has 0 aromatic heterocycles. The van der Waals surface area contributed by atoms with Crippen molar-refractivity contribution in [1.29, 1.82) is 0 Å². The Morgan fingerprint density at radius 3 is 1.86 bits per heavy atom. The Morgan fingerprint density at radius 1 is 1.43 bits per heavy atom. The smallest absolute Gasteiger partial charge is 0.145 e. The van der Waals surface area contributed by atoms with Gasteiger partial charge in [0.2, 0.25) is 0 Å². The topological polar surface area (TPSA) is 0 Å². The van der Waals surface area contributed by atoms with E-state index in [1.54, 1.807) is 0 Å². The van der Waals surface area contributed by atoms with Crippen molar-refractivity contribution in [3.05, 3.63) is 12.2 Å². The van der Waals surface area contributed by atoms with E-state index in [1.807, 2.05) is 0 Å². The fourth-order valence-electron chi connectivity index (χ4n) is 0.680. The maximum Gasteiger partial charge on any atom is 0.259 e. The summed E-state index contributed by atoms with van der Waals surface area (Å²) in [6.07, 6.45) is 0. The number of halogens is 2. The highest BCUT2D eigenvalue weighted by molar-refractivity contribution is 7.47. The van der Waals surface area contributed by atoms with E-state index in [-0.39, 0.29) is 0 Å². The molecule has 0 unspecified atom stereocenters. The summed E-state index contributed by atoms with van der Waals surface area (Å²) < 4.78 is 0. The van der Waals surface area contributed by atoms with Crippen molar-refractivity contribution in [2.24, 2.45) is 0 Å². The van der Waals surface area contributed by atoms with E-state index in [0.29, 0.717) is 0 Å². The zero-order chi connectivity index (χ0) is 5.49. The average molecular weight is 153 g/mol. The SMILES string of the molecule is C=C1C[Si](Cl)(Cl)C1. The standard InChI is InChI=1S/C4H6Cl2Si/c1-4-2-7(5,6)3-4/h1-3H2. The van der Waals surface area contributed by atoms with Crippen molar-refractivity contribution in [2.45, 2.75) is 12.1 Å². The minimum atomic E-state index is -1.67. The largest absolute Gasteiger partial charge is 0.259 e. The van der Waals surface area contributed by atoms with Crippen molar-refractivity contribution in [1.82, 2.24) is 0 Å². The van der Waals surface area contributed by atoms with Crippen molar-refractivity contribution in [3.8, 4) is 0 Å². The molecule has 0 aromatic rings. The first-order chi connectivity index (χ1) is 3.10. The van der Waals surface area contributed by atoms with Crippen LogP contribution >= 0.6 is 22.2 Å². The zero-order valence-corrected chi connectivity index (χ0v) is 6.39. The fourth-order valence-corrected chi connectivity index (χ4v) is 4.31. The third kappa shape index (κ3) is 1.21. The predicted octanol–water partition coefficient (Wildman–Crippen LogP) is 2.48. The highest BCUT2D eigenvalue weighted by Gasteiger charge is 2.38. The molecule has 7 heavy (non-hydrogen) atoms. The van der Waals surface area contributed by atoms with Crippen LogP contribution in [0.2, 0.25) is 12.1 Å². The van der Waals surface area contributed by atoms with Gasteiger partial charge in [0.25, 0.3) is 6.69 Å². The molecule has 1 saturated heterocycles. The van der Waals surface area contributed by atoms with Crippen molar-refractivity contribution in [2.75, 3.05) is 0 Å². The minimum Gasteiger partial charge on any atom is -0.145 e. The first kappa shape index (κ1) is 5.67. The molecule has 0 radical (unpaired) electrons. The quantitative estimate of drug-likeness (QED) is 0.285. The van der Waals surface area contributed by atoms with Gasteiger partial charge in [0.1, 0.15) is 0 Å². The number of hydrogen-bond donors (Lipinski definition) is 0. The molecule has 0 bridgehead atoms. The lowest BCUT2D eigenvalue weighted by atomic mass is 10.4. The van der Waals surface area contributed by atoms with Crippen LogP contribution < -0.4 is 0 Å². The van der Waals surface area contributed by atoms with Gasteiger partial charge in [-0.3, -0.25) is 0 Å². The summed E-state index contributed by atoms with van der Waals surface area (Å²) in [5.74, 6) is 0. The summed E-state index contributed by atoms with van der Waals surface area (Å²) in [7, 11) is 0. The van der Waals surface area contributed by atoms with E-state index in [1.165, 1.54) is 5.57 Å². The molecular formula is C4H6Cl2Si. The molecule has 0 nitrogen and oxygen atoms in total. The van der Waals surface area contributed by atoms with Crippen LogP contribution in [0.1, 0.15) is 0 Å². The van der Waals surface area contributed by atoms with Gasteiger partial charge in [-0.2, -0.15) is 0 Å². The van der Waals surface area contributed by atoms with Crippen LogP contribution in [0.4, 0.5) is 0 Å². The molecule has 0 spiro atoms. The summed E-state index contributed by atoms with van der Waals surface area (Å²) in [6.45, 7) is 2.05. The zero-order valence-electron chi connectivity index (χ0n) is 3.88. The van der Waals surface area contributed by atoms with Gasteiger partial charge in [-0.15, -0.1) is 28.7 Å². The van der Waals surface area contributed by atoms with Gasteiger partial charge >= 0.3 is 0 Å². The Morgan fingerprint density at radius 2 is 1.86 bits per heavy atom. The van der Waals surface area contributed by atoms with Crippen LogP contribution in [0.5, 0.6) is 0 Å². The second kappa shape index (κ2) is 1.51. The van der Waals surface area contributed by atoms with E-state index in [2.05, 4.69) is 6.58 Å². The first-order valence-corrected chi connectivity index (χ1v) is 6.58. The molecule has 0 atom stereocenters. The molecule has 3 heteroatoms. The Hall–Kier alpha value is 0.537. The monoisotopic (exact) mass is 152 g/mol. The van der Waals surface area contributed by atoms with Gasteiger partial charge < -0.3 is 0 Å². The normalized spacial score (nSPS) is 26.9. The first-order valence-electron chi connectivity index (χ1n) is 2.15. The molecule has 0 aliphatic carbocycles. The Kier molecular flexibility index (Phi) is 1.22. The van der Waals surface area contributed by atoms with Crippen molar-refractivity contribution in [3.63, 3.8) is 0 Å². The molecule has 40 valence electrons. The van der Waals surface area contributed by atoms with Crippen LogP contribution in [-0.2, 0) is 0 Å². The van der Waals surface area contributed by atoms with Gasteiger partial charge in [-0.05, 0) is 12.1 Å². The summed E-state index contributed by atoms with van der Waals surface area (Å²) in [5.41, 5.74) is 1.22. The van der Waals surface area contributed by atoms with Crippen molar-refractivity contribution < 1.29 is 0 Å². The van der Waals surface area contributed by atoms with E-state index in [9.17, 15) is 0 Å². The van der Waals surface area contributed by atoms with E-state index in [0.717, 1.165) is 12.1 Å². The molecule has 1 fully saturated rings. The second-order valence-electron chi connectivity index (χ2n) is 1.96. The molecule has 1 rings (SSSR count). The summed E-state index contributed by atoms with van der Waals surface area (Å²) in [5, 5.41) is 0. The summed E-state index contributed by atoms with van der Waals surface area (Å²) in [6, 6.07) is 1.83. The molecule has 0 aromatic carbocycles. The fraction of sp³-hybridized carbons (Fsp3) is 0.500. The van der Waals surface area contributed by atoms with E-state index in [4.69, 9.17) is 22.2 Å². The van der Waals surface area contributed by atoms with Gasteiger partial charge in [0.05, 0.1) is 0 Å². The molecular weight excluding hydrogens is 147 g/mol. The lowest BCUT2D eigenvalue weighted by molar-refractivity contribution is 1.23. The van der Waals surface area contributed by atoms with Crippen LogP contribution in [-0.4, -0.2) is 6.69 Å². The maximum atomic E-state index is 5.74. The highest BCUT2D eigenvalue weighted by Crippen LogP contribution is 2.42. The van der Waals surface area contributed by atoms with Gasteiger partial charge in [0.15, 0.2) is 0 Å². The maximum absolute atomic E-state index is 5.74. The van der Waals surface area contributed by atoms with Crippen LogP contribution in [0.15, 0.2) is 12.2 Å². The lowest BCUT2D eigenvalue weighted by Gasteiger charge is -2.28. The molecule has 1 aliphatic heterocycles. The minimum absolute atomic E-state index is 0.913. The third-order valence-electron chi connectivity index (χ3n) is 1.02. The summed E-state index contributed by atoms with van der Waals surface area (Å²) in [4.78, 5) is 0. The highest BCUT2D eigenvalue weighted by atomic mass is 35.7. The van der Waals surface area contributed by atoms with Gasteiger partial charge in [-0.25, -0.2) is 0 Å². The predicted molar refractivity (Wildman–Crippen MR) is 36.2 cm³/mol. The Bertz CT molecular complexity index is 98.3. The Balaban J connectivity index is 2.43. The van der Waals surface area contributed by atoms with Crippen LogP contribution in [0, 0.1) is 0 Å². The number of allylic oxidation sites excluding steroid dienone is 1. The average Bonchev–Trinajstić information content (AvgIpc) is 1.27.